The molecule has 0 amide bonds. The SMILES string of the molecule is CN=C(NCCc1ccc(C)c(OC)c1)NCCc1csc(N2CCCC2)n1.I. The highest BCUT2D eigenvalue weighted by molar-refractivity contribution is 14.0. The van der Waals surface area contributed by atoms with Crippen molar-refractivity contribution < 1.29 is 4.74 Å². The van der Waals surface area contributed by atoms with Crippen LogP contribution in [0.2, 0.25) is 0 Å². The first kappa shape index (κ1) is 23.7. The van der Waals surface area contributed by atoms with Crippen LogP contribution in [0, 0.1) is 6.92 Å². The van der Waals surface area contributed by atoms with Crippen molar-refractivity contribution in [3.8, 4) is 5.75 Å². The Kier molecular flexibility index (Phi) is 9.99. The van der Waals surface area contributed by atoms with Crippen molar-refractivity contribution in [2.24, 2.45) is 4.99 Å². The maximum Gasteiger partial charge on any atom is 0.190 e. The number of aromatic nitrogens is 1. The minimum absolute atomic E-state index is 0. The van der Waals surface area contributed by atoms with Gasteiger partial charge in [-0.2, -0.15) is 0 Å². The Bertz CT molecular complexity index is 789. The number of ether oxygens (including phenoxy) is 1. The number of rotatable bonds is 8. The zero-order valence-corrected chi connectivity index (χ0v) is 20.7. The molecule has 1 aliphatic rings. The second kappa shape index (κ2) is 12.2. The monoisotopic (exact) mass is 529 g/mol. The van der Waals surface area contributed by atoms with Crippen molar-refractivity contribution in [3.63, 3.8) is 0 Å². The summed E-state index contributed by atoms with van der Waals surface area (Å²) in [7, 11) is 3.52. The van der Waals surface area contributed by atoms with E-state index in [-0.39, 0.29) is 24.0 Å². The maximum absolute atomic E-state index is 5.40. The van der Waals surface area contributed by atoms with E-state index in [2.05, 4.69) is 51.0 Å². The van der Waals surface area contributed by atoms with Gasteiger partial charge in [-0.15, -0.1) is 35.3 Å². The van der Waals surface area contributed by atoms with Gasteiger partial charge in [-0.25, -0.2) is 4.98 Å². The molecule has 0 spiro atoms. The second-order valence-electron chi connectivity index (χ2n) is 7.05. The molecule has 1 fully saturated rings. The van der Waals surface area contributed by atoms with Gasteiger partial charge in [-0.05, 0) is 43.4 Å². The van der Waals surface area contributed by atoms with Gasteiger partial charge in [-0.1, -0.05) is 12.1 Å². The van der Waals surface area contributed by atoms with Crippen molar-refractivity contribution in [1.82, 2.24) is 15.6 Å². The van der Waals surface area contributed by atoms with Crippen LogP contribution < -0.4 is 20.3 Å². The zero-order chi connectivity index (χ0) is 19.8. The third-order valence-corrected chi connectivity index (χ3v) is 5.94. The van der Waals surface area contributed by atoms with Crippen LogP contribution >= 0.6 is 35.3 Å². The summed E-state index contributed by atoms with van der Waals surface area (Å²) in [5.74, 6) is 1.77. The number of methoxy groups -OCH3 is 1. The summed E-state index contributed by atoms with van der Waals surface area (Å²) in [5.41, 5.74) is 3.57. The van der Waals surface area contributed by atoms with Gasteiger partial charge in [0.25, 0.3) is 0 Å². The molecule has 0 radical (unpaired) electrons. The number of halogens is 1. The molecule has 160 valence electrons. The molecule has 1 aromatic carbocycles. The number of guanidine groups is 1. The molecule has 1 saturated heterocycles. The van der Waals surface area contributed by atoms with E-state index >= 15 is 0 Å². The van der Waals surface area contributed by atoms with E-state index in [1.807, 2.05) is 0 Å². The number of thiazole rings is 1. The zero-order valence-electron chi connectivity index (χ0n) is 17.5. The van der Waals surface area contributed by atoms with Crippen molar-refractivity contribution >= 4 is 46.4 Å². The molecule has 29 heavy (non-hydrogen) atoms. The van der Waals surface area contributed by atoms with Crippen LogP contribution in [0.15, 0.2) is 28.6 Å². The van der Waals surface area contributed by atoms with Gasteiger partial charge in [0, 0.05) is 45.0 Å². The third-order valence-electron chi connectivity index (χ3n) is 4.99. The van der Waals surface area contributed by atoms with Crippen LogP contribution in [0.3, 0.4) is 0 Å². The van der Waals surface area contributed by atoms with Crippen LogP contribution in [0.5, 0.6) is 5.75 Å². The Hall–Kier alpha value is -1.55. The molecular weight excluding hydrogens is 497 g/mol. The third kappa shape index (κ3) is 7.02. The van der Waals surface area contributed by atoms with Crippen LogP contribution in [0.4, 0.5) is 5.13 Å². The molecule has 0 unspecified atom stereocenters. The first-order chi connectivity index (χ1) is 13.7. The number of benzene rings is 1. The fraction of sp³-hybridized carbons (Fsp3) is 0.524. The van der Waals surface area contributed by atoms with Crippen molar-refractivity contribution in [3.05, 3.63) is 40.4 Å². The first-order valence-corrected chi connectivity index (χ1v) is 10.8. The van der Waals surface area contributed by atoms with Crippen LogP contribution in [-0.2, 0) is 12.8 Å². The Morgan fingerprint density at radius 3 is 2.62 bits per heavy atom. The van der Waals surface area contributed by atoms with E-state index in [1.54, 1.807) is 25.5 Å². The Morgan fingerprint density at radius 1 is 1.21 bits per heavy atom. The number of anilines is 1. The van der Waals surface area contributed by atoms with E-state index in [9.17, 15) is 0 Å². The van der Waals surface area contributed by atoms with Crippen LogP contribution in [-0.4, -0.2) is 51.3 Å². The minimum Gasteiger partial charge on any atom is -0.496 e. The maximum atomic E-state index is 5.40. The summed E-state index contributed by atoms with van der Waals surface area (Å²) >= 11 is 1.76. The summed E-state index contributed by atoms with van der Waals surface area (Å²) in [5, 5.41) is 10.1. The number of nitrogens with zero attached hydrogens (tertiary/aromatic N) is 3. The quantitative estimate of drug-likeness (QED) is 0.311. The number of hydrogen-bond donors (Lipinski definition) is 2. The molecule has 0 atom stereocenters. The lowest BCUT2D eigenvalue weighted by Crippen LogP contribution is -2.39. The molecule has 2 heterocycles. The Balaban J connectivity index is 0.00000300. The molecule has 1 aromatic heterocycles. The highest BCUT2D eigenvalue weighted by Gasteiger charge is 2.15. The molecule has 2 N–H and O–H groups in total. The van der Waals surface area contributed by atoms with Crippen LogP contribution in [0.1, 0.15) is 29.7 Å². The van der Waals surface area contributed by atoms with Gasteiger partial charge >= 0.3 is 0 Å². The van der Waals surface area contributed by atoms with E-state index in [0.29, 0.717) is 0 Å². The first-order valence-electron chi connectivity index (χ1n) is 9.97. The molecule has 0 aliphatic carbocycles. The Morgan fingerprint density at radius 2 is 1.93 bits per heavy atom. The van der Waals surface area contributed by atoms with Crippen molar-refractivity contribution in [2.45, 2.75) is 32.6 Å². The summed E-state index contributed by atoms with van der Waals surface area (Å²) in [4.78, 5) is 11.5. The van der Waals surface area contributed by atoms with Gasteiger partial charge < -0.3 is 20.3 Å². The smallest absolute Gasteiger partial charge is 0.190 e. The van der Waals surface area contributed by atoms with Gasteiger partial charge in [0.15, 0.2) is 11.1 Å². The summed E-state index contributed by atoms with van der Waals surface area (Å²) < 4.78 is 5.40. The van der Waals surface area contributed by atoms with Gasteiger partial charge in [-0.3, -0.25) is 4.99 Å². The lowest BCUT2D eigenvalue weighted by Gasteiger charge is -2.13. The van der Waals surface area contributed by atoms with Crippen molar-refractivity contribution in [2.75, 3.05) is 45.2 Å². The highest BCUT2D eigenvalue weighted by Crippen LogP contribution is 2.24. The number of aliphatic imine (C=N–C) groups is 1. The van der Waals surface area contributed by atoms with Gasteiger partial charge in [0.1, 0.15) is 5.75 Å². The topological polar surface area (TPSA) is 61.8 Å². The predicted octanol–water partition coefficient (Wildman–Crippen LogP) is 3.63. The molecular formula is C21H32IN5OS. The standard InChI is InChI=1S/C21H31N5OS.HI/c1-16-6-7-17(14-19(16)27-3)8-10-23-20(22-2)24-11-9-18-15-28-21(25-18)26-12-4-5-13-26;/h6-7,14-15H,4-5,8-13H2,1-3H3,(H2,22,23,24);1H. The highest BCUT2D eigenvalue weighted by atomic mass is 127. The lowest BCUT2D eigenvalue weighted by atomic mass is 10.1. The summed E-state index contributed by atoms with van der Waals surface area (Å²) in [6.45, 7) is 6.00. The fourth-order valence-corrected chi connectivity index (χ4v) is 4.25. The number of hydrogen-bond acceptors (Lipinski definition) is 5. The molecule has 3 rings (SSSR count). The average molecular weight is 529 g/mol. The van der Waals surface area contributed by atoms with Crippen molar-refractivity contribution in [1.29, 1.82) is 0 Å². The molecule has 2 aromatic rings. The summed E-state index contributed by atoms with van der Waals surface area (Å²) in [6.07, 6.45) is 4.39. The molecule has 6 nitrogen and oxygen atoms in total. The lowest BCUT2D eigenvalue weighted by molar-refractivity contribution is 0.411. The fourth-order valence-electron chi connectivity index (χ4n) is 3.34. The van der Waals surface area contributed by atoms with Crippen LogP contribution in [0.25, 0.3) is 0 Å². The summed E-state index contributed by atoms with van der Waals surface area (Å²) in [6, 6.07) is 6.36. The number of nitrogens with one attached hydrogen (secondary N) is 2. The molecule has 0 bridgehead atoms. The molecule has 8 heteroatoms. The van der Waals surface area contributed by atoms with E-state index in [4.69, 9.17) is 9.72 Å². The minimum atomic E-state index is 0. The van der Waals surface area contributed by atoms with Gasteiger partial charge in [0.2, 0.25) is 0 Å². The average Bonchev–Trinajstić information content (AvgIpc) is 3.39. The van der Waals surface area contributed by atoms with E-state index in [1.165, 1.54) is 23.5 Å². The molecule has 1 aliphatic heterocycles. The largest absolute Gasteiger partial charge is 0.496 e. The van der Waals surface area contributed by atoms with E-state index < -0.39 is 0 Å². The normalized spacial score (nSPS) is 13.9. The second-order valence-corrected chi connectivity index (χ2v) is 7.88. The number of aryl methyl sites for hydroxylation is 1. The van der Waals surface area contributed by atoms with E-state index in [0.717, 1.165) is 62.0 Å². The Labute approximate surface area is 195 Å². The molecule has 0 saturated carbocycles. The van der Waals surface area contributed by atoms with Gasteiger partial charge in [0.05, 0.1) is 12.8 Å². The predicted molar refractivity (Wildman–Crippen MR) is 133 cm³/mol.